The zero-order chi connectivity index (χ0) is 12.5. The molecule has 2 aromatic carbocycles. The molecule has 4 aromatic rings. The lowest BCUT2D eigenvalue weighted by Crippen LogP contribution is -1.73. The maximum Gasteiger partial charge on any atom is 0.0607 e. The van der Waals surface area contributed by atoms with Gasteiger partial charge in [-0.25, -0.2) is 0 Å². The fraction of sp³-hybridized carbons (Fsp3) is 0.176. The molecule has 0 aliphatic carbocycles. The van der Waals surface area contributed by atoms with Gasteiger partial charge in [-0.15, -0.1) is 0 Å². The molecular weight excluding hydrogens is 246 g/mol. The van der Waals surface area contributed by atoms with Crippen LogP contribution in [-0.4, -0.2) is 13.9 Å². The molecule has 0 atom stereocenters. The number of aromatic nitrogens is 1. The summed E-state index contributed by atoms with van der Waals surface area (Å²) in [6, 6.07) is 17.2. The molecule has 1 nitrogen and oxygen atoms in total. The Kier molecular flexibility index (Phi) is 3.91. The van der Waals surface area contributed by atoms with Crippen LogP contribution in [0.5, 0.6) is 0 Å². The topological polar surface area (TPSA) is 4.41 Å². The zero-order valence-electron chi connectivity index (χ0n) is 10.9. The van der Waals surface area contributed by atoms with Gasteiger partial charge in [-0.1, -0.05) is 56.9 Å². The van der Waals surface area contributed by atoms with Crippen molar-refractivity contribution in [1.82, 2.24) is 4.40 Å². The van der Waals surface area contributed by atoms with Gasteiger partial charge in [0.25, 0.3) is 0 Å². The first-order valence-electron chi connectivity index (χ1n) is 6.56. The monoisotopic (exact) mass is 267 g/mol. The highest BCUT2D eigenvalue weighted by molar-refractivity contribution is 6.31. The Morgan fingerprint density at radius 2 is 1.53 bits per heavy atom. The van der Waals surface area contributed by atoms with E-state index >= 15 is 0 Å². The van der Waals surface area contributed by atoms with E-state index < -0.39 is 0 Å². The summed E-state index contributed by atoms with van der Waals surface area (Å²) >= 11 is 0. The number of rotatable bonds is 0. The summed E-state index contributed by atoms with van der Waals surface area (Å²) in [5, 5.41) is 4.02. The number of fused-ring (bicyclic) bond motifs is 3. The van der Waals surface area contributed by atoms with Crippen molar-refractivity contribution >= 4 is 36.7 Å². The maximum atomic E-state index is 2.28. The smallest absolute Gasteiger partial charge is 0.0607 e. The molecule has 0 radical (unpaired) electrons. The van der Waals surface area contributed by atoms with Crippen LogP contribution in [0.15, 0.2) is 54.7 Å². The van der Waals surface area contributed by atoms with Crippen molar-refractivity contribution in [2.75, 3.05) is 0 Å². The Morgan fingerprint density at radius 3 is 2.32 bits per heavy atom. The molecule has 2 aromatic heterocycles. The minimum atomic E-state index is 0. The summed E-state index contributed by atoms with van der Waals surface area (Å²) in [4.78, 5) is 0. The first-order valence-corrected chi connectivity index (χ1v) is 9.39. The highest BCUT2D eigenvalue weighted by Gasteiger charge is 2.09. The van der Waals surface area contributed by atoms with Crippen molar-refractivity contribution in [3.8, 4) is 0 Å². The molecule has 0 unspecified atom stereocenters. The molecule has 0 amide bonds. The predicted octanol–water partition coefficient (Wildman–Crippen LogP) is 4.57. The van der Waals surface area contributed by atoms with Crippen LogP contribution in [0.3, 0.4) is 0 Å². The lowest BCUT2D eigenvalue weighted by Gasteiger charge is -1.90. The second-order valence-electron chi connectivity index (χ2n) is 4.65. The van der Waals surface area contributed by atoms with Gasteiger partial charge in [0.2, 0.25) is 0 Å². The van der Waals surface area contributed by atoms with Crippen molar-refractivity contribution in [1.29, 1.82) is 0 Å². The van der Waals surface area contributed by atoms with Crippen molar-refractivity contribution in [2.24, 2.45) is 0 Å². The zero-order valence-corrected chi connectivity index (χ0v) is 12.3. The Balaban J connectivity index is 0.000000308. The van der Waals surface area contributed by atoms with Crippen LogP contribution in [0.4, 0.5) is 0 Å². The first kappa shape index (κ1) is 13.6. The molecule has 0 N–H and O–H groups in total. The Hall–Kier alpha value is -1.80. The van der Waals surface area contributed by atoms with E-state index in [1.54, 1.807) is 0 Å². The molecule has 2 heteroatoms. The van der Waals surface area contributed by atoms with Gasteiger partial charge in [-0.2, -0.15) is 0 Å². The number of para-hydroxylation sites is 2. The summed E-state index contributed by atoms with van der Waals surface area (Å²) < 4.78 is 2.28. The first-order chi connectivity index (χ1) is 8.86. The molecule has 0 bridgehead atoms. The molecule has 4 rings (SSSR count). The molecule has 0 aliphatic heterocycles. The van der Waals surface area contributed by atoms with Gasteiger partial charge in [-0.3, -0.25) is 0 Å². The van der Waals surface area contributed by atoms with Gasteiger partial charge in [0, 0.05) is 31.9 Å². The third-order valence-electron chi connectivity index (χ3n) is 3.17. The van der Waals surface area contributed by atoms with Crippen molar-refractivity contribution in [3.05, 3.63) is 54.7 Å². The van der Waals surface area contributed by atoms with E-state index in [1.165, 1.54) is 27.2 Å². The number of nitrogens with zero attached hydrogens (tertiary/aromatic N) is 1. The van der Waals surface area contributed by atoms with Crippen molar-refractivity contribution in [3.63, 3.8) is 0 Å². The molecular formula is C17H21NSi. The molecule has 19 heavy (non-hydrogen) atoms. The molecule has 0 fully saturated rings. The van der Waals surface area contributed by atoms with E-state index in [2.05, 4.69) is 72.2 Å². The Morgan fingerprint density at radius 1 is 0.842 bits per heavy atom. The van der Waals surface area contributed by atoms with Gasteiger partial charge in [0.15, 0.2) is 0 Å². The molecule has 98 valence electrons. The van der Waals surface area contributed by atoms with Gasteiger partial charge in [-0.05, 0) is 12.1 Å². The fourth-order valence-corrected chi connectivity index (χ4v) is 2.52. The normalized spacial score (nSPS) is 10.4. The average Bonchev–Trinajstić information content (AvgIpc) is 2.96. The predicted molar refractivity (Wildman–Crippen MR) is 90.6 cm³/mol. The van der Waals surface area contributed by atoms with Crippen LogP contribution in [0.2, 0.25) is 13.1 Å². The summed E-state index contributed by atoms with van der Waals surface area (Å²) in [6.07, 6.45) is 2.15. The molecule has 0 spiro atoms. The van der Waals surface area contributed by atoms with Crippen LogP contribution in [-0.2, 0) is 0 Å². The quantitative estimate of drug-likeness (QED) is 0.411. The van der Waals surface area contributed by atoms with Gasteiger partial charge >= 0.3 is 0 Å². The Bertz CT molecular complexity index is 763. The third kappa shape index (κ3) is 2.02. The summed E-state index contributed by atoms with van der Waals surface area (Å²) in [6.45, 7) is 4.53. The minimum Gasteiger partial charge on any atom is -0.315 e. The van der Waals surface area contributed by atoms with Crippen molar-refractivity contribution < 1.29 is 0 Å². The highest BCUT2D eigenvalue weighted by atomic mass is 28.2. The molecule has 0 saturated carbocycles. The summed E-state index contributed by atoms with van der Waals surface area (Å²) in [5.74, 6) is 0. The van der Waals surface area contributed by atoms with Crippen molar-refractivity contribution in [2.45, 2.75) is 20.5 Å². The number of hydrogen-bond acceptors (Lipinski definition) is 0. The van der Waals surface area contributed by atoms with Crippen LogP contribution in [0, 0.1) is 0 Å². The van der Waals surface area contributed by atoms with E-state index in [9.17, 15) is 0 Å². The van der Waals surface area contributed by atoms with Crippen LogP contribution in [0.25, 0.3) is 27.2 Å². The lowest BCUT2D eigenvalue weighted by molar-refractivity contribution is 1.30. The van der Waals surface area contributed by atoms with Crippen LogP contribution >= 0.6 is 0 Å². The summed E-state index contributed by atoms with van der Waals surface area (Å²) in [5.41, 5.74) is 2.65. The second kappa shape index (κ2) is 5.45. The van der Waals surface area contributed by atoms with Crippen LogP contribution in [0.1, 0.15) is 7.43 Å². The van der Waals surface area contributed by atoms with E-state index in [4.69, 9.17) is 0 Å². The standard InChI is InChI=1S/C14H9N.C2H8Si.CH4/c1-2-7-13-11(5-1)12-6-3-4-10-8-9-15(13)14(10)12;1-3-2;/h1-9H;3H2,1-2H3;1H4. The third-order valence-corrected chi connectivity index (χ3v) is 3.17. The molecule has 0 aliphatic rings. The van der Waals surface area contributed by atoms with Gasteiger partial charge in [0.05, 0.1) is 11.0 Å². The maximum absolute atomic E-state index is 2.28. The second-order valence-corrected chi connectivity index (χ2v) is 6.07. The van der Waals surface area contributed by atoms with E-state index in [1.807, 2.05) is 0 Å². The average molecular weight is 267 g/mol. The fourth-order valence-electron chi connectivity index (χ4n) is 2.52. The number of benzene rings is 2. The molecule has 2 heterocycles. The van der Waals surface area contributed by atoms with Gasteiger partial charge < -0.3 is 4.40 Å². The SMILES string of the molecule is C.C[SiH2]C.c1ccc2c(c1)c1cccc3ccn2c31. The molecule has 0 saturated heterocycles. The minimum absolute atomic E-state index is 0. The van der Waals surface area contributed by atoms with E-state index in [-0.39, 0.29) is 7.43 Å². The Labute approximate surface area is 117 Å². The van der Waals surface area contributed by atoms with E-state index in [0.29, 0.717) is 9.52 Å². The van der Waals surface area contributed by atoms with Crippen LogP contribution < -0.4 is 0 Å². The highest BCUT2D eigenvalue weighted by Crippen LogP contribution is 2.31. The largest absolute Gasteiger partial charge is 0.315 e. The summed E-state index contributed by atoms with van der Waals surface area (Å²) in [7, 11) is 0.417. The number of hydrogen-bond donors (Lipinski definition) is 0. The lowest BCUT2D eigenvalue weighted by atomic mass is 10.1. The van der Waals surface area contributed by atoms with E-state index in [0.717, 1.165) is 0 Å². The van der Waals surface area contributed by atoms with Gasteiger partial charge in [0.1, 0.15) is 0 Å².